The number of carbonyl (C=O) groups is 1. The predicted octanol–water partition coefficient (Wildman–Crippen LogP) is 4.04. The lowest BCUT2D eigenvalue weighted by Crippen LogP contribution is -2.30. The number of carbonyl (C=O) groups excluding carboxylic acids is 1. The van der Waals surface area contributed by atoms with Crippen molar-refractivity contribution in [1.29, 1.82) is 0 Å². The molecule has 0 radical (unpaired) electrons. The van der Waals surface area contributed by atoms with Crippen molar-refractivity contribution in [3.8, 4) is 0 Å². The molecule has 0 unspecified atom stereocenters. The van der Waals surface area contributed by atoms with E-state index in [2.05, 4.69) is 15.6 Å². The monoisotopic (exact) mass is 321 g/mol. The molecule has 0 atom stereocenters. The van der Waals surface area contributed by atoms with Crippen LogP contribution in [-0.4, -0.2) is 17.6 Å². The van der Waals surface area contributed by atoms with Crippen molar-refractivity contribution in [1.82, 2.24) is 10.3 Å². The summed E-state index contributed by atoms with van der Waals surface area (Å²) in [6.07, 6.45) is 3.18. The maximum atomic E-state index is 11.8. The van der Waals surface area contributed by atoms with E-state index in [-0.39, 0.29) is 6.03 Å². The van der Waals surface area contributed by atoms with E-state index in [1.165, 1.54) is 24.2 Å². The summed E-state index contributed by atoms with van der Waals surface area (Å²) in [5.41, 5.74) is 2.21. The SMILES string of the molecule is O=C(NCCc1cccc(Cl)c1)Nc1nc(C2CC2)cs1. The van der Waals surface area contributed by atoms with E-state index in [0.717, 1.165) is 17.7 Å². The highest BCUT2D eigenvalue weighted by Gasteiger charge is 2.26. The average Bonchev–Trinajstić information content (AvgIpc) is 3.20. The number of hydrogen-bond acceptors (Lipinski definition) is 3. The van der Waals surface area contributed by atoms with Crippen LogP contribution in [0, 0.1) is 0 Å². The van der Waals surface area contributed by atoms with Gasteiger partial charge in [0.25, 0.3) is 0 Å². The Morgan fingerprint density at radius 2 is 2.29 bits per heavy atom. The fourth-order valence-electron chi connectivity index (χ4n) is 2.06. The number of hydrogen-bond donors (Lipinski definition) is 2. The molecular weight excluding hydrogens is 306 g/mol. The van der Waals surface area contributed by atoms with Crippen LogP contribution < -0.4 is 10.6 Å². The lowest BCUT2D eigenvalue weighted by Gasteiger charge is -2.05. The first-order valence-electron chi connectivity index (χ1n) is 6.95. The van der Waals surface area contributed by atoms with Gasteiger partial charge in [-0.15, -0.1) is 11.3 Å². The van der Waals surface area contributed by atoms with Gasteiger partial charge in [0.1, 0.15) is 0 Å². The van der Waals surface area contributed by atoms with E-state index in [9.17, 15) is 4.79 Å². The van der Waals surface area contributed by atoms with Gasteiger partial charge in [0.2, 0.25) is 0 Å². The molecule has 2 amide bonds. The summed E-state index contributed by atoms with van der Waals surface area (Å²) < 4.78 is 0. The van der Waals surface area contributed by atoms with Gasteiger partial charge in [-0.25, -0.2) is 9.78 Å². The van der Waals surface area contributed by atoms with E-state index in [1.54, 1.807) is 0 Å². The molecule has 0 spiro atoms. The summed E-state index contributed by atoms with van der Waals surface area (Å²) in [7, 11) is 0. The molecule has 1 fully saturated rings. The zero-order valence-electron chi connectivity index (χ0n) is 11.4. The Labute approximate surface area is 132 Å². The first kappa shape index (κ1) is 14.4. The van der Waals surface area contributed by atoms with E-state index in [1.807, 2.05) is 29.6 Å². The number of aromatic nitrogens is 1. The molecule has 0 saturated heterocycles. The molecular formula is C15H16ClN3OS. The minimum atomic E-state index is -0.214. The number of anilines is 1. The molecule has 1 aromatic carbocycles. The first-order chi connectivity index (χ1) is 10.2. The number of nitrogens with one attached hydrogen (secondary N) is 2. The molecule has 1 aromatic heterocycles. The van der Waals surface area contributed by atoms with Gasteiger partial charge < -0.3 is 5.32 Å². The molecule has 1 saturated carbocycles. The quantitative estimate of drug-likeness (QED) is 0.873. The number of benzene rings is 1. The van der Waals surface area contributed by atoms with Crippen LogP contribution in [0.15, 0.2) is 29.6 Å². The highest BCUT2D eigenvalue weighted by molar-refractivity contribution is 7.13. The van der Waals surface area contributed by atoms with E-state index >= 15 is 0 Å². The van der Waals surface area contributed by atoms with Crippen LogP contribution in [0.3, 0.4) is 0 Å². The van der Waals surface area contributed by atoms with Crippen molar-refractivity contribution in [2.45, 2.75) is 25.2 Å². The van der Waals surface area contributed by atoms with Gasteiger partial charge in [-0.3, -0.25) is 5.32 Å². The second-order valence-corrected chi connectivity index (χ2v) is 6.41. The Bertz CT molecular complexity index is 639. The maximum absolute atomic E-state index is 11.8. The fraction of sp³-hybridized carbons (Fsp3) is 0.333. The Morgan fingerprint density at radius 3 is 3.05 bits per heavy atom. The molecule has 1 aliphatic rings. The van der Waals surface area contributed by atoms with Crippen molar-refractivity contribution in [2.24, 2.45) is 0 Å². The number of urea groups is 1. The van der Waals surface area contributed by atoms with E-state index < -0.39 is 0 Å². The van der Waals surface area contributed by atoms with Gasteiger partial charge in [-0.1, -0.05) is 23.7 Å². The largest absolute Gasteiger partial charge is 0.337 e. The number of thiazole rings is 1. The molecule has 1 heterocycles. The van der Waals surface area contributed by atoms with E-state index in [4.69, 9.17) is 11.6 Å². The molecule has 0 bridgehead atoms. The predicted molar refractivity (Wildman–Crippen MR) is 86.3 cm³/mol. The zero-order chi connectivity index (χ0) is 14.7. The third-order valence-corrected chi connectivity index (χ3v) is 4.34. The molecule has 21 heavy (non-hydrogen) atoms. The van der Waals surface area contributed by atoms with Gasteiger partial charge >= 0.3 is 6.03 Å². The van der Waals surface area contributed by atoms with Crippen LogP contribution >= 0.6 is 22.9 Å². The van der Waals surface area contributed by atoms with Crippen molar-refractivity contribution in [3.63, 3.8) is 0 Å². The minimum absolute atomic E-state index is 0.214. The second-order valence-electron chi connectivity index (χ2n) is 5.11. The number of rotatable bonds is 5. The third-order valence-electron chi connectivity index (χ3n) is 3.33. The summed E-state index contributed by atoms with van der Waals surface area (Å²) in [4.78, 5) is 16.2. The topological polar surface area (TPSA) is 54.0 Å². The Morgan fingerprint density at radius 1 is 1.43 bits per heavy atom. The van der Waals surface area contributed by atoms with Crippen LogP contribution in [0.1, 0.15) is 30.0 Å². The fourth-order valence-corrected chi connectivity index (χ4v) is 3.06. The van der Waals surface area contributed by atoms with Crippen LogP contribution in [-0.2, 0) is 6.42 Å². The Balaban J connectivity index is 1.43. The summed E-state index contributed by atoms with van der Waals surface area (Å²) in [5.74, 6) is 0.614. The van der Waals surface area contributed by atoms with Gasteiger partial charge in [-0.2, -0.15) is 0 Å². The molecule has 2 aromatic rings. The zero-order valence-corrected chi connectivity index (χ0v) is 13.0. The molecule has 110 valence electrons. The second kappa shape index (κ2) is 6.45. The Hall–Kier alpha value is -1.59. The summed E-state index contributed by atoms with van der Waals surface area (Å²) >= 11 is 7.40. The molecule has 4 nitrogen and oxygen atoms in total. The Kier molecular flexibility index (Phi) is 4.41. The maximum Gasteiger partial charge on any atom is 0.321 e. The lowest BCUT2D eigenvalue weighted by molar-refractivity contribution is 0.252. The summed E-state index contributed by atoms with van der Waals surface area (Å²) in [6, 6.07) is 7.43. The van der Waals surface area contributed by atoms with Crippen molar-refractivity contribution >= 4 is 34.1 Å². The van der Waals surface area contributed by atoms with E-state index in [0.29, 0.717) is 22.6 Å². The third kappa shape index (κ3) is 4.19. The van der Waals surface area contributed by atoms with Gasteiger partial charge in [0.15, 0.2) is 5.13 Å². The van der Waals surface area contributed by atoms with Crippen LogP contribution in [0.25, 0.3) is 0 Å². The van der Waals surface area contributed by atoms with Gasteiger partial charge in [0, 0.05) is 22.9 Å². The highest BCUT2D eigenvalue weighted by Crippen LogP contribution is 2.40. The molecule has 2 N–H and O–H groups in total. The van der Waals surface area contributed by atoms with Crippen molar-refractivity contribution in [3.05, 3.63) is 45.9 Å². The summed E-state index contributed by atoms with van der Waals surface area (Å²) in [5, 5.41) is 9.01. The number of amides is 2. The molecule has 1 aliphatic carbocycles. The van der Waals surface area contributed by atoms with Gasteiger partial charge in [-0.05, 0) is 37.0 Å². The standard InChI is InChI=1S/C15H16ClN3OS/c16-12-3-1-2-10(8-12)6-7-17-14(20)19-15-18-13(9-21-15)11-4-5-11/h1-3,8-9,11H,4-7H2,(H2,17,18,19,20). The van der Waals surface area contributed by atoms with Crippen LogP contribution in [0.2, 0.25) is 5.02 Å². The van der Waals surface area contributed by atoms with Crippen LogP contribution in [0.4, 0.5) is 9.93 Å². The summed E-state index contributed by atoms with van der Waals surface area (Å²) in [6.45, 7) is 0.563. The lowest BCUT2D eigenvalue weighted by atomic mass is 10.1. The number of halogens is 1. The average molecular weight is 322 g/mol. The normalized spacial score (nSPS) is 14.0. The van der Waals surface area contributed by atoms with Crippen LogP contribution in [0.5, 0.6) is 0 Å². The smallest absolute Gasteiger partial charge is 0.321 e. The number of nitrogens with zero attached hydrogens (tertiary/aromatic N) is 1. The molecule has 6 heteroatoms. The van der Waals surface area contributed by atoms with Crippen molar-refractivity contribution < 1.29 is 4.79 Å². The molecule has 0 aliphatic heterocycles. The first-order valence-corrected chi connectivity index (χ1v) is 8.21. The molecule has 3 rings (SSSR count). The van der Waals surface area contributed by atoms with Crippen molar-refractivity contribution in [2.75, 3.05) is 11.9 Å². The minimum Gasteiger partial charge on any atom is -0.337 e. The van der Waals surface area contributed by atoms with Gasteiger partial charge in [0.05, 0.1) is 5.69 Å². The highest BCUT2D eigenvalue weighted by atomic mass is 35.5.